The summed E-state index contributed by atoms with van der Waals surface area (Å²) < 4.78 is 134. The second-order valence-corrected chi connectivity index (χ2v) is 13.5. The second-order valence-electron chi connectivity index (χ2n) is 12.1. The van der Waals surface area contributed by atoms with Gasteiger partial charge in [-0.1, -0.05) is 66.7 Å². The fourth-order valence-electron chi connectivity index (χ4n) is 4.54. The van der Waals surface area contributed by atoms with E-state index in [1.165, 1.54) is 0 Å². The normalized spacial score (nSPS) is 13.5. The number of alkyl halides is 9. The predicted molar refractivity (Wildman–Crippen MR) is 163 cm³/mol. The largest absolute Gasteiger partial charge is 0.481 e. The summed E-state index contributed by atoms with van der Waals surface area (Å²) in [7, 11) is -7.17. The molecular weight excluding hydrogens is 713 g/mol. The lowest BCUT2D eigenvalue weighted by Gasteiger charge is -2.31. The molecule has 0 unspecified atom stereocenters. The summed E-state index contributed by atoms with van der Waals surface area (Å²) in [5, 5.41) is 13.2. The van der Waals surface area contributed by atoms with Crippen LogP contribution < -0.4 is 0 Å². The number of nitrogens with one attached hydrogen (secondary N) is 1. The molecule has 3 aromatic carbocycles. The third-order valence-corrected chi connectivity index (χ3v) is 8.91. The van der Waals surface area contributed by atoms with E-state index in [-0.39, 0.29) is 0 Å². The molecule has 0 aliphatic rings. The zero-order chi connectivity index (χ0) is 38.5. The van der Waals surface area contributed by atoms with Crippen LogP contribution in [0.25, 0.3) is 33.3 Å². The number of rotatable bonds is 9. The van der Waals surface area contributed by atoms with Crippen LogP contribution in [0.5, 0.6) is 0 Å². The fourth-order valence-corrected chi connectivity index (χ4v) is 4.99. The average molecular weight is 742 g/mol. The molecule has 4 rings (SSSR count). The summed E-state index contributed by atoms with van der Waals surface area (Å²) in [4.78, 5) is 26.8. The molecule has 0 saturated heterocycles. The van der Waals surface area contributed by atoms with Gasteiger partial charge in [0, 0.05) is 16.5 Å². The summed E-state index contributed by atoms with van der Waals surface area (Å²) in [6, 6.07) is 23.3. The van der Waals surface area contributed by atoms with Gasteiger partial charge in [-0.3, -0.25) is 14.1 Å². The van der Waals surface area contributed by atoms with E-state index in [0.29, 0.717) is 0 Å². The van der Waals surface area contributed by atoms with Gasteiger partial charge in [0.05, 0.1) is 16.5 Å². The molecular formula is C32H28F9NO7S. The van der Waals surface area contributed by atoms with Gasteiger partial charge in [0.25, 0.3) is 0 Å². The number of aliphatic carboxylic acids is 2. The maximum atomic E-state index is 12.2. The van der Waals surface area contributed by atoms with E-state index >= 15 is 0 Å². The standard InChI is InChI=1S/C28H27NO4.C4HF9O3S/c1-27(2,25(30)31)19-13-9-17(10-14-19)23-21-7-5-6-8-22(21)29-24(23)18-11-15-20(16-12-18)28(3,4)26(32)33;5-1(6,3(9,10)11)2(7,8)4(12,13)17(14,15)16/h5-16,29H,1-4H3,(H,30,31)(H,32,33);(H,14,15,16). The second kappa shape index (κ2) is 12.9. The molecule has 0 bridgehead atoms. The first-order chi connectivity index (χ1) is 22.5. The Hall–Kier alpha value is -4.58. The Labute approximate surface area is 278 Å². The Bertz CT molecular complexity index is 2000. The molecule has 0 atom stereocenters. The van der Waals surface area contributed by atoms with Crippen molar-refractivity contribution >= 4 is 33.0 Å². The molecule has 50 heavy (non-hydrogen) atoms. The van der Waals surface area contributed by atoms with Crippen LogP contribution in [0.4, 0.5) is 39.5 Å². The Balaban J connectivity index is 0.000000338. The molecule has 1 heterocycles. The number of H-pyrrole nitrogens is 1. The highest BCUT2D eigenvalue weighted by atomic mass is 32.2. The van der Waals surface area contributed by atoms with Gasteiger partial charge in [-0.05, 0) is 56.0 Å². The number of aromatic amines is 1. The summed E-state index contributed by atoms with van der Waals surface area (Å²) in [5.74, 6) is -16.5. The molecule has 4 aromatic rings. The molecule has 0 radical (unpaired) electrons. The number of fused-ring (bicyclic) bond motifs is 1. The van der Waals surface area contributed by atoms with Crippen molar-refractivity contribution in [2.45, 2.75) is 61.8 Å². The third-order valence-electron chi connectivity index (χ3n) is 8.01. The molecule has 1 aromatic heterocycles. The monoisotopic (exact) mass is 741 g/mol. The highest BCUT2D eigenvalue weighted by Crippen LogP contribution is 2.54. The van der Waals surface area contributed by atoms with Gasteiger partial charge in [-0.15, -0.1) is 0 Å². The third kappa shape index (κ3) is 6.90. The summed E-state index contributed by atoms with van der Waals surface area (Å²) in [6.07, 6.45) is -7.13. The van der Waals surface area contributed by atoms with E-state index in [0.717, 1.165) is 44.4 Å². The molecule has 0 spiro atoms. The lowest BCUT2D eigenvalue weighted by atomic mass is 9.83. The van der Waals surface area contributed by atoms with Gasteiger partial charge in [-0.25, -0.2) is 0 Å². The van der Waals surface area contributed by atoms with Gasteiger partial charge >= 0.3 is 45.3 Å². The fraction of sp³-hybridized carbons (Fsp3) is 0.312. The first-order valence-corrected chi connectivity index (χ1v) is 15.4. The molecule has 0 fully saturated rings. The van der Waals surface area contributed by atoms with Crippen molar-refractivity contribution in [1.82, 2.24) is 4.98 Å². The van der Waals surface area contributed by atoms with E-state index in [1.54, 1.807) is 27.7 Å². The van der Waals surface area contributed by atoms with Gasteiger partial charge in [0.15, 0.2) is 0 Å². The molecule has 18 heteroatoms. The Morgan fingerprint density at radius 3 is 1.40 bits per heavy atom. The number of para-hydroxylation sites is 1. The Morgan fingerprint density at radius 1 is 0.620 bits per heavy atom. The van der Waals surface area contributed by atoms with E-state index < -0.39 is 56.2 Å². The van der Waals surface area contributed by atoms with Crippen molar-refractivity contribution in [3.63, 3.8) is 0 Å². The minimum absolute atomic E-state index is 0.733. The van der Waals surface area contributed by atoms with E-state index in [1.807, 2.05) is 66.7 Å². The maximum Gasteiger partial charge on any atom is 0.460 e. The molecule has 0 aliphatic carbocycles. The highest BCUT2D eigenvalue weighted by molar-refractivity contribution is 7.87. The number of carboxylic acids is 2. The van der Waals surface area contributed by atoms with E-state index in [2.05, 4.69) is 11.1 Å². The lowest BCUT2D eigenvalue weighted by Crippen LogP contribution is -2.63. The highest BCUT2D eigenvalue weighted by Gasteiger charge is 2.85. The van der Waals surface area contributed by atoms with Gasteiger partial charge < -0.3 is 15.2 Å². The van der Waals surface area contributed by atoms with Gasteiger partial charge in [0.2, 0.25) is 0 Å². The van der Waals surface area contributed by atoms with Crippen LogP contribution in [0.1, 0.15) is 38.8 Å². The van der Waals surface area contributed by atoms with Crippen LogP contribution >= 0.6 is 0 Å². The van der Waals surface area contributed by atoms with Crippen molar-refractivity contribution < 1.29 is 72.3 Å². The lowest BCUT2D eigenvalue weighted by molar-refractivity contribution is -0.382. The smallest absolute Gasteiger partial charge is 0.460 e. The zero-order valence-electron chi connectivity index (χ0n) is 26.2. The van der Waals surface area contributed by atoms with Crippen LogP contribution in [0, 0.1) is 0 Å². The average Bonchev–Trinajstić information content (AvgIpc) is 3.39. The summed E-state index contributed by atoms with van der Waals surface area (Å²) in [5.41, 5.74) is 4.38. The van der Waals surface area contributed by atoms with Crippen LogP contribution in [-0.2, 0) is 30.5 Å². The summed E-state index contributed by atoms with van der Waals surface area (Å²) in [6.45, 7) is 6.78. The van der Waals surface area contributed by atoms with E-state index in [9.17, 15) is 67.7 Å². The SMILES string of the molecule is CC(C)(C(=O)O)c1ccc(-c2[nH]c3ccccc3c2-c2ccc(C(C)(C)C(=O)O)cc2)cc1.O=S(=O)(O)C(F)(F)C(F)(F)C(F)(F)C(F)(F)F. The van der Waals surface area contributed by atoms with Crippen molar-refractivity contribution in [1.29, 1.82) is 0 Å². The van der Waals surface area contributed by atoms with Crippen LogP contribution in [0.3, 0.4) is 0 Å². The van der Waals surface area contributed by atoms with Gasteiger partial charge in [-0.2, -0.15) is 47.9 Å². The minimum atomic E-state index is -7.37. The first-order valence-electron chi connectivity index (χ1n) is 14.0. The topological polar surface area (TPSA) is 145 Å². The molecule has 272 valence electrons. The van der Waals surface area contributed by atoms with Crippen LogP contribution in [-0.4, -0.2) is 63.4 Å². The molecule has 8 nitrogen and oxygen atoms in total. The quantitative estimate of drug-likeness (QED) is 0.0994. The number of benzene rings is 3. The molecule has 0 saturated carbocycles. The van der Waals surface area contributed by atoms with Crippen molar-refractivity contribution in [3.8, 4) is 22.4 Å². The predicted octanol–water partition coefficient (Wildman–Crippen LogP) is 8.53. The van der Waals surface area contributed by atoms with Crippen LogP contribution in [0.2, 0.25) is 0 Å². The van der Waals surface area contributed by atoms with E-state index in [4.69, 9.17) is 4.55 Å². The first kappa shape index (κ1) is 39.9. The van der Waals surface area contributed by atoms with Gasteiger partial charge in [0.1, 0.15) is 0 Å². The number of carboxylic acid groups (broad SMARTS) is 2. The molecule has 0 amide bonds. The van der Waals surface area contributed by atoms with Crippen molar-refractivity contribution in [3.05, 3.63) is 83.9 Å². The number of halogens is 9. The van der Waals surface area contributed by atoms with Crippen molar-refractivity contribution in [2.24, 2.45) is 0 Å². The minimum Gasteiger partial charge on any atom is -0.481 e. The van der Waals surface area contributed by atoms with Crippen molar-refractivity contribution in [2.75, 3.05) is 0 Å². The number of hydrogen-bond donors (Lipinski definition) is 4. The number of hydrogen-bond acceptors (Lipinski definition) is 4. The molecule has 0 aliphatic heterocycles. The Morgan fingerprint density at radius 2 is 1.02 bits per heavy atom. The number of carbonyl (C=O) groups is 2. The number of aromatic nitrogens is 1. The summed E-state index contributed by atoms with van der Waals surface area (Å²) >= 11 is 0. The zero-order valence-corrected chi connectivity index (χ0v) is 27.0. The maximum absolute atomic E-state index is 12.2. The Kier molecular flexibility index (Phi) is 10.3. The van der Waals surface area contributed by atoms with Crippen LogP contribution in [0.15, 0.2) is 72.8 Å². The molecule has 4 N–H and O–H groups in total.